The number of hydrogen-bond donors (Lipinski definition) is 3. The summed E-state index contributed by atoms with van der Waals surface area (Å²) in [6.45, 7) is 2.20. The van der Waals surface area contributed by atoms with Crippen molar-refractivity contribution in [1.29, 1.82) is 0 Å². The Balaban J connectivity index is 4.21. The number of unbranched alkanes of at least 4 members (excludes halogenated alkanes) is 7. The largest absolute Gasteiger partial charge is 0.481 e. The molecule has 0 aliphatic heterocycles. The lowest BCUT2D eigenvalue weighted by molar-refractivity contribution is -0.178. The Labute approximate surface area is 136 Å². The first-order valence-electron chi connectivity index (χ1n) is 8.15. The van der Waals surface area contributed by atoms with Crippen molar-refractivity contribution < 1.29 is 34.4 Å². The number of ether oxygens (including phenoxy) is 1. The summed E-state index contributed by atoms with van der Waals surface area (Å²) in [5.41, 5.74) is -2.20. The fourth-order valence-corrected chi connectivity index (χ4v) is 2.37. The van der Waals surface area contributed by atoms with Crippen LogP contribution in [-0.2, 0) is 19.1 Å². The number of carbonyl (C=O) groups is 3. The summed E-state index contributed by atoms with van der Waals surface area (Å²) in [7, 11) is 0. The molecule has 0 aliphatic rings. The van der Waals surface area contributed by atoms with Crippen molar-refractivity contribution in [2.45, 2.75) is 76.7 Å². The predicted molar refractivity (Wildman–Crippen MR) is 83.4 cm³/mol. The molecule has 0 saturated heterocycles. The van der Waals surface area contributed by atoms with E-state index < -0.39 is 36.4 Å². The van der Waals surface area contributed by atoms with Gasteiger partial charge in [-0.1, -0.05) is 51.9 Å². The first-order chi connectivity index (χ1) is 10.8. The monoisotopic (exact) mass is 332 g/mol. The molecule has 0 amide bonds. The normalized spacial score (nSPS) is 11.3. The highest BCUT2D eigenvalue weighted by molar-refractivity contribution is 5.88. The first-order valence-corrected chi connectivity index (χ1v) is 8.15. The van der Waals surface area contributed by atoms with E-state index in [0.29, 0.717) is 6.42 Å². The van der Waals surface area contributed by atoms with E-state index in [4.69, 9.17) is 14.9 Å². The highest BCUT2D eigenvalue weighted by Gasteiger charge is 2.44. The van der Waals surface area contributed by atoms with Crippen molar-refractivity contribution in [3.8, 4) is 0 Å². The van der Waals surface area contributed by atoms with Gasteiger partial charge in [-0.3, -0.25) is 9.59 Å². The third-order valence-corrected chi connectivity index (χ3v) is 3.64. The topological polar surface area (TPSA) is 121 Å². The second-order valence-corrected chi connectivity index (χ2v) is 5.76. The summed E-state index contributed by atoms with van der Waals surface area (Å²) < 4.78 is 5.20. The van der Waals surface area contributed by atoms with Gasteiger partial charge >= 0.3 is 17.9 Å². The van der Waals surface area contributed by atoms with Crippen LogP contribution in [0.25, 0.3) is 0 Å². The van der Waals surface area contributed by atoms with Gasteiger partial charge in [0.25, 0.3) is 0 Å². The van der Waals surface area contributed by atoms with Crippen molar-refractivity contribution in [3.63, 3.8) is 0 Å². The molecule has 3 N–H and O–H groups in total. The summed E-state index contributed by atoms with van der Waals surface area (Å²) in [6, 6.07) is 0. The number of aliphatic carboxylic acids is 3. The molecule has 0 atom stereocenters. The van der Waals surface area contributed by atoms with E-state index in [9.17, 15) is 19.5 Å². The SMILES string of the molecule is CCCCCCCCCCOC(CC(=O)O)(CC(=O)O)C(=O)O. The molecule has 0 unspecified atom stereocenters. The molecule has 0 bridgehead atoms. The van der Waals surface area contributed by atoms with Crippen LogP contribution in [0.4, 0.5) is 0 Å². The quantitative estimate of drug-likeness (QED) is 0.394. The molecule has 0 heterocycles. The lowest BCUT2D eigenvalue weighted by Crippen LogP contribution is -2.45. The molecule has 0 aromatic carbocycles. The van der Waals surface area contributed by atoms with Crippen molar-refractivity contribution in [2.75, 3.05) is 6.61 Å². The fraction of sp³-hybridized carbons (Fsp3) is 0.812. The molecule has 134 valence electrons. The van der Waals surface area contributed by atoms with Crippen LogP contribution in [0.1, 0.15) is 71.1 Å². The van der Waals surface area contributed by atoms with E-state index in [1.54, 1.807) is 0 Å². The van der Waals surface area contributed by atoms with Crippen LogP contribution in [0.2, 0.25) is 0 Å². The van der Waals surface area contributed by atoms with Crippen LogP contribution in [0.15, 0.2) is 0 Å². The highest BCUT2D eigenvalue weighted by Crippen LogP contribution is 2.23. The molecular formula is C16H28O7. The van der Waals surface area contributed by atoms with E-state index >= 15 is 0 Å². The first kappa shape index (κ1) is 21.4. The number of carboxylic acids is 3. The molecule has 0 aliphatic carbocycles. The fourth-order valence-electron chi connectivity index (χ4n) is 2.37. The van der Waals surface area contributed by atoms with Crippen LogP contribution < -0.4 is 0 Å². The van der Waals surface area contributed by atoms with Gasteiger partial charge in [0.15, 0.2) is 5.60 Å². The average molecular weight is 332 g/mol. The van der Waals surface area contributed by atoms with E-state index in [0.717, 1.165) is 19.3 Å². The summed E-state index contributed by atoms with van der Waals surface area (Å²) in [6.07, 6.45) is 6.62. The summed E-state index contributed by atoms with van der Waals surface area (Å²) in [5, 5.41) is 26.8. The van der Waals surface area contributed by atoms with Gasteiger partial charge in [0, 0.05) is 6.61 Å². The Morgan fingerprint density at radius 1 is 0.783 bits per heavy atom. The standard InChI is InChI=1S/C16H28O7/c1-2-3-4-5-6-7-8-9-10-23-16(15(21)22,11-13(17)18)12-14(19)20/h2-12H2,1H3,(H,17,18)(H,19,20)(H,21,22). The maximum Gasteiger partial charge on any atom is 0.337 e. The van der Waals surface area contributed by atoms with Crippen LogP contribution >= 0.6 is 0 Å². The Morgan fingerprint density at radius 2 is 1.22 bits per heavy atom. The number of carboxylic acid groups (broad SMARTS) is 3. The minimum atomic E-state index is -2.20. The van der Waals surface area contributed by atoms with Gasteiger partial charge in [-0.05, 0) is 6.42 Å². The van der Waals surface area contributed by atoms with Gasteiger partial charge in [-0.2, -0.15) is 0 Å². The summed E-state index contributed by atoms with van der Waals surface area (Å²) in [4.78, 5) is 33.0. The zero-order valence-corrected chi connectivity index (χ0v) is 13.8. The number of rotatable bonds is 15. The molecule has 0 aromatic heterocycles. The average Bonchev–Trinajstić information content (AvgIpc) is 2.43. The molecule has 23 heavy (non-hydrogen) atoms. The molecule has 0 saturated carbocycles. The van der Waals surface area contributed by atoms with Crippen molar-refractivity contribution >= 4 is 17.9 Å². The third-order valence-electron chi connectivity index (χ3n) is 3.64. The Morgan fingerprint density at radius 3 is 1.61 bits per heavy atom. The minimum absolute atomic E-state index is 0.0435. The molecule has 0 rings (SSSR count). The molecule has 7 heteroatoms. The van der Waals surface area contributed by atoms with Crippen LogP contribution in [0.3, 0.4) is 0 Å². The van der Waals surface area contributed by atoms with Gasteiger partial charge in [0.1, 0.15) is 0 Å². The van der Waals surface area contributed by atoms with E-state index in [1.165, 1.54) is 25.7 Å². The van der Waals surface area contributed by atoms with Crippen LogP contribution in [-0.4, -0.2) is 45.4 Å². The molecule has 7 nitrogen and oxygen atoms in total. The molecule has 0 radical (unpaired) electrons. The van der Waals surface area contributed by atoms with Gasteiger partial charge in [0.05, 0.1) is 12.8 Å². The molecule has 0 aromatic rings. The maximum atomic E-state index is 11.3. The maximum absolute atomic E-state index is 11.3. The Bertz CT molecular complexity index is 363. The lowest BCUT2D eigenvalue weighted by atomic mass is 9.95. The zero-order chi connectivity index (χ0) is 17.7. The van der Waals surface area contributed by atoms with Crippen LogP contribution in [0.5, 0.6) is 0 Å². The predicted octanol–water partition coefficient (Wildman–Crippen LogP) is 2.92. The molecule has 0 spiro atoms. The van der Waals surface area contributed by atoms with Crippen molar-refractivity contribution in [1.82, 2.24) is 0 Å². The molecule has 0 fully saturated rings. The minimum Gasteiger partial charge on any atom is -0.481 e. The highest BCUT2D eigenvalue weighted by atomic mass is 16.5. The van der Waals surface area contributed by atoms with Gasteiger partial charge in [-0.15, -0.1) is 0 Å². The molecular weight excluding hydrogens is 304 g/mol. The van der Waals surface area contributed by atoms with Gasteiger partial charge in [0.2, 0.25) is 0 Å². The van der Waals surface area contributed by atoms with Crippen molar-refractivity contribution in [3.05, 3.63) is 0 Å². The van der Waals surface area contributed by atoms with E-state index in [2.05, 4.69) is 6.92 Å². The van der Waals surface area contributed by atoms with Gasteiger partial charge in [-0.25, -0.2) is 4.79 Å². The smallest absolute Gasteiger partial charge is 0.337 e. The Hall–Kier alpha value is -1.63. The number of hydrogen-bond acceptors (Lipinski definition) is 4. The summed E-state index contributed by atoms with van der Waals surface area (Å²) >= 11 is 0. The van der Waals surface area contributed by atoms with E-state index in [-0.39, 0.29) is 6.61 Å². The lowest BCUT2D eigenvalue weighted by Gasteiger charge is -2.26. The van der Waals surface area contributed by atoms with Crippen molar-refractivity contribution in [2.24, 2.45) is 0 Å². The summed E-state index contributed by atoms with van der Waals surface area (Å²) in [5.74, 6) is -4.35. The third kappa shape index (κ3) is 9.89. The van der Waals surface area contributed by atoms with Crippen LogP contribution in [0, 0.1) is 0 Å². The zero-order valence-electron chi connectivity index (χ0n) is 13.8. The second-order valence-electron chi connectivity index (χ2n) is 5.76. The van der Waals surface area contributed by atoms with E-state index in [1.807, 2.05) is 0 Å². The van der Waals surface area contributed by atoms with Gasteiger partial charge < -0.3 is 20.1 Å². The second kappa shape index (κ2) is 11.9. The Kier molecular flexibility index (Phi) is 11.0.